The molecule has 1 unspecified atom stereocenters. The van der Waals surface area contributed by atoms with Crippen molar-refractivity contribution in [3.63, 3.8) is 0 Å². The van der Waals surface area contributed by atoms with Gasteiger partial charge in [-0.25, -0.2) is 4.98 Å². The maximum absolute atomic E-state index is 13.6. The van der Waals surface area contributed by atoms with Gasteiger partial charge in [0.05, 0.1) is 48.6 Å². The number of anilines is 3. The van der Waals surface area contributed by atoms with Crippen LogP contribution in [0.3, 0.4) is 0 Å². The minimum atomic E-state index is -0.464. The van der Waals surface area contributed by atoms with Crippen LogP contribution in [0.5, 0.6) is 11.5 Å². The number of carbonyl (C=O) groups excluding carboxylic acids is 4. The summed E-state index contributed by atoms with van der Waals surface area (Å²) in [7, 11) is 2.94. The van der Waals surface area contributed by atoms with Crippen LogP contribution in [0.4, 0.5) is 22.7 Å². The molecule has 3 N–H and O–H groups in total. The van der Waals surface area contributed by atoms with Gasteiger partial charge in [0.25, 0.3) is 17.7 Å². The normalized spacial score (nSPS) is 15.1. The minimum absolute atomic E-state index is 0.138. The number of hydrogen-bond donors (Lipinski definition) is 3. The number of aliphatic imine (C=N–C) groups is 1. The Bertz CT molecular complexity index is 2130. The van der Waals surface area contributed by atoms with E-state index in [4.69, 9.17) is 20.7 Å². The number of ether oxygens (including phenoxy) is 2. The van der Waals surface area contributed by atoms with Crippen LogP contribution in [-0.4, -0.2) is 76.7 Å². The molecule has 4 aromatic rings. The van der Waals surface area contributed by atoms with Crippen molar-refractivity contribution >= 4 is 73.2 Å². The molecular weight excluding hydrogens is 715 g/mol. The lowest BCUT2D eigenvalue weighted by Crippen LogP contribution is -2.41. The van der Waals surface area contributed by atoms with Gasteiger partial charge in [0.2, 0.25) is 5.91 Å². The number of fused-ring (bicyclic) bond motifs is 4. The van der Waals surface area contributed by atoms with Crippen molar-refractivity contribution in [2.24, 2.45) is 12.0 Å². The first-order valence-electron chi connectivity index (χ1n) is 17.0. The Balaban J connectivity index is 0.980. The maximum atomic E-state index is 13.6. The fourth-order valence-corrected chi connectivity index (χ4v) is 6.42. The summed E-state index contributed by atoms with van der Waals surface area (Å²) < 4.78 is 13.0. The van der Waals surface area contributed by atoms with Crippen LogP contribution >= 0.6 is 0 Å². The number of nitrogens with zero attached hydrogens (tertiary/aromatic N) is 4. The third-order valence-electron chi connectivity index (χ3n) is 9.16. The second kappa shape index (κ2) is 15.7. The Labute approximate surface area is 314 Å². The van der Waals surface area contributed by atoms with E-state index in [9.17, 15) is 19.2 Å². The molecule has 0 saturated carbocycles. The van der Waals surface area contributed by atoms with E-state index in [1.54, 1.807) is 53.2 Å². The zero-order valence-corrected chi connectivity index (χ0v) is 31.7. The Kier molecular flexibility index (Phi) is 11.0. The van der Waals surface area contributed by atoms with E-state index in [-0.39, 0.29) is 56.7 Å². The summed E-state index contributed by atoms with van der Waals surface area (Å²) in [5.74, 6) is -0.307. The third-order valence-corrected chi connectivity index (χ3v) is 12.2. The quantitative estimate of drug-likeness (QED) is 0.161. The van der Waals surface area contributed by atoms with E-state index in [0.29, 0.717) is 59.2 Å². The smallest absolute Gasteiger partial charge is 0.274 e. The molecule has 4 amide bonds. The Hall–Kier alpha value is -5.41. The van der Waals surface area contributed by atoms with Gasteiger partial charge in [-0.2, -0.15) is 0 Å². The molecule has 53 heavy (non-hydrogen) atoms. The molecule has 0 fully saturated rings. The summed E-state index contributed by atoms with van der Waals surface area (Å²) in [6, 6.07) is 15.7. The summed E-state index contributed by atoms with van der Waals surface area (Å²) in [5.41, 5.74) is 4.31. The number of para-hydroxylation sites is 1. The molecule has 2 atom stereocenters. The number of rotatable bonds is 13. The zero-order valence-electron chi connectivity index (χ0n) is 30.1. The van der Waals surface area contributed by atoms with Crippen molar-refractivity contribution in [2.45, 2.75) is 43.9 Å². The minimum Gasteiger partial charge on any atom is -0.493 e. The van der Waals surface area contributed by atoms with Crippen molar-refractivity contribution in [3.8, 4) is 11.5 Å². The van der Waals surface area contributed by atoms with Crippen LogP contribution in [-0.2, 0) is 38.9 Å². The molecule has 0 spiro atoms. The van der Waals surface area contributed by atoms with Crippen LogP contribution in [0.1, 0.15) is 63.6 Å². The van der Waals surface area contributed by atoms with Gasteiger partial charge in [0, 0.05) is 55.3 Å². The predicted molar refractivity (Wildman–Crippen MR) is 210 cm³/mol. The standard InChI is InChI=1S/C38H41N7O6S2/c1-38(2,53(5)52)22-41-36(48)31-16-25(21-44(31)3)43-35(47)28-13-12-24(19-39-28)42-34(46)11-8-14-51-33-18-29-27(17-32(33)50-4)37(49)45-26(20-40-29)15-23-9-6-7-10-30(23)45/h6-7,9-10,12-13,16-21,26H,8,11,14-15,22H2,1-5H3,(H,41,48)(H,42,46)(H,43,47)/t26-,53?/m0/s1. The number of hydrogen-bond acceptors (Lipinski definition) is 9. The molecule has 2 aromatic heterocycles. The lowest BCUT2D eigenvalue weighted by Gasteiger charge is -2.24. The first-order valence-corrected chi connectivity index (χ1v) is 19.6. The first kappa shape index (κ1) is 37.4. The summed E-state index contributed by atoms with van der Waals surface area (Å²) in [6.45, 7) is 4.68. The largest absolute Gasteiger partial charge is 0.493 e. The number of nitrogens with one attached hydrogen (secondary N) is 3. The van der Waals surface area contributed by atoms with E-state index in [1.807, 2.05) is 44.4 Å². The molecule has 6 rings (SSSR count). The second-order valence-electron chi connectivity index (χ2n) is 13.4. The van der Waals surface area contributed by atoms with Gasteiger partial charge in [0.15, 0.2) is 11.5 Å². The van der Waals surface area contributed by atoms with E-state index in [1.165, 1.54) is 19.4 Å². The molecule has 4 heterocycles. The van der Waals surface area contributed by atoms with Crippen LogP contribution in [0.2, 0.25) is 0 Å². The van der Waals surface area contributed by atoms with Crippen molar-refractivity contribution < 1.29 is 28.7 Å². The molecular formula is C38H41N7O6S2. The molecule has 276 valence electrons. The van der Waals surface area contributed by atoms with Crippen molar-refractivity contribution in [3.05, 3.63) is 89.5 Å². The molecule has 0 bridgehead atoms. The van der Waals surface area contributed by atoms with Crippen LogP contribution in [0.25, 0.3) is 0 Å². The first-order chi connectivity index (χ1) is 25.3. The topological polar surface area (TPSA) is 156 Å². The van der Waals surface area contributed by atoms with Crippen molar-refractivity contribution in [2.75, 3.05) is 42.1 Å². The lowest BCUT2D eigenvalue weighted by molar-refractivity contribution is -0.116. The van der Waals surface area contributed by atoms with Gasteiger partial charge in [-0.3, -0.25) is 29.1 Å². The van der Waals surface area contributed by atoms with Gasteiger partial charge < -0.3 is 30.0 Å². The average Bonchev–Trinajstić information content (AvgIpc) is 3.66. The zero-order chi connectivity index (χ0) is 37.9. The molecule has 2 aromatic carbocycles. The van der Waals surface area contributed by atoms with E-state index in [0.717, 1.165) is 11.3 Å². The number of amides is 4. The molecule has 0 radical (unpaired) electrons. The number of methoxy groups -OCH3 is 1. The molecule has 0 aliphatic carbocycles. The van der Waals surface area contributed by atoms with Crippen LogP contribution in [0.15, 0.2) is 72.0 Å². The van der Waals surface area contributed by atoms with Crippen molar-refractivity contribution in [1.82, 2.24) is 14.9 Å². The Morgan fingerprint density at radius 1 is 1.04 bits per heavy atom. The number of aromatic nitrogens is 2. The van der Waals surface area contributed by atoms with Gasteiger partial charge in [-0.15, -0.1) is 9.45 Å². The summed E-state index contributed by atoms with van der Waals surface area (Å²) >= 11 is 5.39. The number of pyridine rings is 1. The fourth-order valence-electron chi connectivity index (χ4n) is 5.97. The van der Waals surface area contributed by atoms with Gasteiger partial charge in [-0.1, -0.05) is 29.4 Å². The second-order valence-corrected chi connectivity index (χ2v) is 16.9. The van der Waals surface area contributed by atoms with Crippen LogP contribution < -0.4 is 30.3 Å². The Morgan fingerprint density at radius 3 is 2.57 bits per heavy atom. The number of aryl methyl sites for hydroxylation is 1. The van der Waals surface area contributed by atoms with Crippen molar-refractivity contribution in [1.29, 1.82) is 0 Å². The lowest BCUT2D eigenvalue weighted by atomic mass is 10.1. The highest BCUT2D eigenvalue weighted by atomic mass is 32.8. The Morgan fingerprint density at radius 2 is 1.83 bits per heavy atom. The third kappa shape index (κ3) is 8.31. The monoisotopic (exact) mass is 755 g/mol. The fraction of sp³-hybridized carbons (Fsp3) is 0.316. The van der Waals surface area contributed by atoms with E-state index >= 15 is 0 Å². The highest BCUT2D eigenvalue weighted by Gasteiger charge is 2.36. The van der Waals surface area contributed by atoms with Gasteiger partial charge in [-0.05, 0) is 62.4 Å². The molecule has 13 nitrogen and oxygen atoms in total. The van der Waals surface area contributed by atoms with Gasteiger partial charge in [0.1, 0.15) is 11.4 Å². The SMILES string of the molecule is COc1cc2c(cc1OCCCC(=O)Nc1ccc(C(=O)Nc3cc(C(=O)NCC(C)(C)S(C)=S)n(C)c3)nc1)N=C[C@@H]1Cc3ccccc3N1C2=O. The van der Waals surface area contributed by atoms with E-state index in [2.05, 4.69) is 25.9 Å². The summed E-state index contributed by atoms with van der Waals surface area (Å²) in [5, 5.41) is 8.47. The number of carbonyl (C=O) groups is 4. The number of benzene rings is 2. The van der Waals surface area contributed by atoms with Crippen LogP contribution in [0, 0.1) is 0 Å². The predicted octanol–water partition coefficient (Wildman–Crippen LogP) is 4.98. The average molecular weight is 756 g/mol. The maximum Gasteiger partial charge on any atom is 0.274 e. The highest BCUT2D eigenvalue weighted by Crippen LogP contribution is 2.40. The summed E-state index contributed by atoms with van der Waals surface area (Å²) in [4.78, 5) is 62.6. The van der Waals surface area contributed by atoms with E-state index < -0.39 is 5.91 Å². The molecule has 2 aliphatic heterocycles. The molecule has 15 heteroatoms. The molecule has 0 saturated heterocycles. The summed E-state index contributed by atoms with van der Waals surface area (Å²) in [6.07, 6.45) is 8.07. The van der Waals surface area contributed by atoms with Gasteiger partial charge >= 0.3 is 0 Å². The molecule has 2 aliphatic rings. The highest BCUT2D eigenvalue weighted by molar-refractivity contribution is 8.29.